The molecule has 0 unspecified atom stereocenters. The number of thiocarbonyl (C=S) groups is 1. The second-order valence-corrected chi connectivity index (χ2v) is 5.86. The van der Waals surface area contributed by atoms with Crippen LogP contribution in [0.5, 0.6) is 0 Å². The average molecular weight is 327 g/mol. The number of hydrogen-bond acceptors (Lipinski definition) is 3. The van der Waals surface area contributed by atoms with E-state index in [4.69, 9.17) is 12.2 Å². The molecular formula is C17H17N3O2S. The summed E-state index contributed by atoms with van der Waals surface area (Å²) in [5.74, 6) is -0.837. The van der Waals surface area contributed by atoms with E-state index < -0.39 is 5.91 Å². The molecule has 6 heteroatoms. The number of carbonyl (C=O) groups is 2. The maximum Gasteiger partial charge on any atom is 0.265 e. The van der Waals surface area contributed by atoms with Crippen molar-refractivity contribution >= 4 is 46.1 Å². The normalized spacial score (nSPS) is 17.2. The van der Waals surface area contributed by atoms with Crippen LogP contribution < -0.4 is 5.32 Å². The predicted molar refractivity (Wildman–Crippen MR) is 93.7 cm³/mol. The number of benzene rings is 1. The highest BCUT2D eigenvalue weighted by atomic mass is 32.1. The zero-order valence-corrected chi connectivity index (χ0v) is 13.8. The Balaban J connectivity index is 2.12. The van der Waals surface area contributed by atoms with E-state index in [0.717, 1.165) is 29.4 Å². The van der Waals surface area contributed by atoms with Gasteiger partial charge in [0.2, 0.25) is 0 Å². The largest absolute Gasteiger partial charge is 0.347 e. The second kappa shape index (κ2) is 5.96. The van der Waals surface area contributed by atoms with E-state index in [9.17, 15) is 9.59 Å². The van der Waals surface area contributed by atoms with Crippen LogP contribution in [0.3, 0.4) is 0 Å². The number of hydrogen-bond donors (Lipinski definition) is 1. The van der Waals surface area contributed by atoms with Crippen molar-refractivity contribution in [1.29, 1.82) is 0 Å². The quantitative estimate of drug-likeness (QED) is 0.535. The lowest BCUT2D eigenvalue weighted by atomic mass is 10.1. The van der Waals surface area contributed by atoms with Crippen LogP contribution >= 0.6 is 12.2 Å². The van der Waals surface area contributed by atoms with Crippen molar-refractivity contribution in [2.24, 2.45) is 0 Å². The lowest BCUT2D eigenvalue weighted by Gasteiger charge is -2.24. The number of fused-ring (bicyclic) bond motifs is 1. The molecule has 5 nitrogen and oxygen atoms in total. The summed E-state index contributed by atoms with van der Waals surface area (Å²) in [6.07, 6.45) is 4.63. The molecule has 0 atom stereocenters. The van der Waals surface area contributed by atoms with E-state index in [0.29, 0.717) is 0 Å². The average Bonchev–Trinajstić information content (AvgIpc) is 2.88. The van der Waals surface area contributed by atoms with Crippen molar-refractivity contribution in [3.63, 3.8) is 0 Å². The Kier molecular flexibility index (Phi) is 4.00. The first kappa shape index (κ1) is 15.4. The Morgan fingerprint density at radius 2 is 2.00 bits per heavy atom. The van der Waals surface area contributed by atoms with E-state index in [2.05, 4.69) is 16.8 Å². The summed E-state index contributed by atoms with van der Waals surface area (Å²) >= 11 is 4.96. The molecule has 1 fully saturated rings. The van der Waals surface area contributed by atoms with Gasteiger partial charge in [-0.3, -0.25) is 19.8 Å². The summed E-state index contributed by atoms with van der Waals surface area (Å²) in [5.41, 5.74) is 2.04. The number of aromatic nitrogens is 1. The Morgan fingerprint density at radius 1 is 1.26 bits per heavy atom. The van der Waals surface area contributed by atoms with E-state index in [1.165, 1.54) is 4.90 Å². The van der Waals surface area contributed by atoms with Crippen molar-refractivity contribution in [3.8, 4) is 0 Å². The Bertz CT molecular complexity index is 851. The lowest BCUT2D eigenvalue weighted by Crippen LogP contribution is -2.52. The second-order valence-electron chi connectivity index (χ2n) is 5.48. The van der Waals surface area contributed by atoms with Gasteiger partial charge in [0.1, 0.15) is 5.57 Å². The van der Waals surface area contributed by atoms with Gasteiger partial charge in [-0.05, 0) is 30.8 Å². The molecule has 0 saturated carbocycles. The van der Waals surface area contributed by atoms with Crippen LogP contribution in [0.15, 0.2) is 36.0 Å². The number of carbonyl (C=O) groups excluding carboxylic acids is 2. The zero-order chi connectivity index (χ0) is 16.6. The first-order valence-electron chi connectivity index (χ1n) is 7.46. The molecule has 1 N–H and O–H groups in total. The third-order valence-electron chi connectivity index (χ3n) is 3.89. The highest BCUT2D eigenvalue weighted by molar-refractivity contribution is 7.80. The molecule has 1 aromatic carbocycles. The minimum Gasteiger partial charge on any atom is -0.347 e. The summed E-state index contributed by atoms with van der Waals surface area (Å²) in [5, 5.41) is 3.68. The Hall–Kier alpha value is -2.47. The molecule has 0 aliphatic carbocycles. The van der Waals surface area contributed by atoms with Crippen LogP contribution in [-0.4, -0.2) is 33.4 Å². The highest BCUT2D eigenvalue weighted by Gasteiger charge is 2.31. The molecule has 1 aliphatic rings. The van der Waals surface area contributed by atoms with Crippen LogP contribution in [0.4, 0.5) is 0 Å². The zero-order valence-electron chi connectivity index (χ0n) is 13.0. The molecule has 23 heavy (non-hydrogen) atoms. The number of likely N-dealkylation sites (N-methyl/N-ethyl adjacent to an activating group) is 1. The number of rotatable bonds is 3. The fraction of sp³-hybridized carbons (Fsp3) is 0.235. The molecule has 1 aromatic heterocycles. The van der Waals surface area contributed by atoms with Gasteiger partial charge in [-0.25, -0.2) is 0 Å². The summed E-state index contributed by atoms with van der Waals surface area (Å²) in [6, 6.07) is 7.96. The standard InChI is InChI=1S/C17H17N3O2S/c1-3-8-20-10-11(12-6-4-5-7-14(12)20)9-13-15(21)18-17(23)19(2)16(13)22/h4-7,9-10H,3,8H2,1-2H3,(H,18,21,23)/b13-9+. The van der Waals surface area contributed by atoms with Crippen LogP contribution in [0.25, 0.3) is 17.0 Å². The molecule has 0 spiro atoms. The van der Waals surface area contributed by atoms with Gasteiger partial charge in [0, 0.05) is 36.3 Å². The summed E-state index contributed by atoms with van der Waals surface area (Å²) < 4.78 is 2.14. The van der Waals surface area contributed by atoms with Crippen molar-refractivity contribution in [1.82, 2.24) is 14.8 Å². The third-order valence-corrected chi connectivity index (χ3v) is 4.26. The van der Waals surface area contributed by atoms with Gasteiger partial charge in [0.15, 0.2) is 5.11 Å². The SMILES string of the molecule is CCCn1cc(/C=C2\C(=O)NC(=S)N(C)C2=O)c2ccccc21. The molecule has 2 heterocycles. The van der Waals surface area contributed by atoms with Gasteiger partial charge < -0.3 is 4.57 Å². The summed E-state index contributed by atoms with van der Waals surface area (Å²) in [4.78, 5) is 25.7. The smallest absolute Gasteiger partial charge is 0.265 e. The lowest BCUT2D eigenvalue weighted by molar-refractivity contribution is -0.128. The predicted octanol–water partition coefficient (Wildman–Crippen LogP) is 2.31. The van der Waals surface area contributed by atoms with Crippen LogP contribution in [0.2, 0.25) is 0 Å². The Morgan fingerprint density at radius 3 is 2.74 bits per heavy atom. The molecule has 2 aromatic rings. The van der Waals surface area contributed by atoms with Crippen LogP contribution in [0.1, 0.15) is 18.9 Å². The van der Waals surface area contributed by atoms with Gasteiger partial charge >= 0.3 is 0 Å². The van der Waals surface area contributed by atoms with Gasteiger partial charge in [-0.2, -0.15) is 0 Å². The molecule has 1 saturated heterocycles. The summed E-state index contributed by atoms with van der Waals surface area (Å²) in [6.45, 7) is 2.99. The van der Waals surface area contributed by atoms with E-state index in [1.54, 1.807) is 13.1 Å². The van der Waals surface area contributed by atoms with Gasteiger partial charge in [-0.15, -0.1) is 0 Å². The molecule has 3 rings (SSSR count). The van der Waals surface area contributed by atoms with Gasteiger partial charge in [0.05, 0.1) is 0 Å². The molecular weight excluding hydrogens is 310 g/mol. The van der Waals surface area contributed by atoms with Gasteiger partial charge in [0.25, 0.3) is 11.8 Å². The van der Waals surface area contributed by atoms with Gasteiger partial charge in [-0.1, -0.05) is 25.1 Å². The van der Waals surface area contributed by atoms with Crippen LogP contribution in [-0.2, 0) is 16.1 Å². The third kappa shape index (κ3) is 2.66. The van der Waals surface area contributed by atoms with Crippen molar-refractivity contribution < 1.29 is 9.59 Å². The number of amides is 2. The number of para-hydroxylation sites is 1. The maximum atomic E-state index is 12.3. The van der Waals surface area contributed by atoms with Crippen molar-refractivity contribution in [2.75, 3.05) is 7.05 Å². The fourth-order valence-electron chi connectivity index (χ4n) is 2.72. The maximum absolute atomic E-state index is 12.3. The van der Waals surface area contributed by atoms with E-state index in [-0.39, 0.29) is 16.6 Å². The molecule has 1 aliphatic heterocycles. The number of nitrogens with one attached hydrogen (secondary N) is 1. The topological polar surface area (TPSA) is 54.3 Å². The Labute approximate surface area is 139 Å². The summed E-state index contributed by atoms with van der Waals surface area (Å²) in [7, 11) is 1.55. The molecule has 2 amide bonds. The van der Waals surface area contributed by atoms with E-state index >= 15 is 0 Å². The first-order chi connectivity index (χ1) is 11.0. The van der Waals surface area contributed by atoms with E-state index in [1.807, 2.05) is 30.5 Å². The van der Waals surface area contributed by atoms with Crippen molar-refractivity contribution in [2.45, 2.75) is 19.9 Å². The number of aryl methyl sites for hydroxylation is 1. The fourth-order valence-corrected chi connectivity index (χ4v) is 2.89. The number of nitrogens with zero attached hydrogens (tertiary/aromatic N) is 2. The highest BCUT2D eigenvalue weighted by Crippen LogP contribution is 2.25. The molecule has 0 radical (unpaired) electrons. The van der Waals surface area contributed by atoms with Crippen molar-refractivity contribution in [3.05, 3.63) is 41.6 Å². The minimum atomic E-state index is -0.453. The first-order valence-corrected chi connectivity index (χ1v) is 7.86. The van der Waals surface area contributed by atoms with Crippen LogP contribution in [0, 0.1) is 0 Å². The monoisotopic (exact) mass is 327 g/mol. The minimum absolute atomic E-state index is 0.0977. The molecule has 0 bridgehead atoms. The molecule has 118 valence electrons.